The van der Waals surface area contributed by atoms with Crippen LogP contribution in [-0.4, -0.2) is 18.9 Å². The Labute approximate surface area is 129 Å². The molecule has 3 rings (SSSR count). The lowest BCUT2D eigenvalue weighted by Crippen LogP contribution is -2.20. The molecule has 0 radical (unpaired) electrons. The van der Waals surface area contributed by atoms with Gasteiger partial charge in [0.15, 0.2) is 0 Å². The van der Waals surface area contributed by atoms with Crippen LogP contribution in [0.15, 0.2) is 42.5 Å². The summed E-state index contributed by atoms with van der Waals surface area (Å²) in [4.78, 5) is 25.6. The van der Waals surface area contributed by atoms with Gasteiger partial charge in [-0.05, 0) is 47.9 Å². The molecule has 0 fully saturated rings. The highest BCUT2D eigenvalue weighted by Crippen LogP contribution is 2.30. The number of likely N-dealkylation sites (N-methyl/N-ethyl adjacent to an activating group) is 1. The van der Waals surface area contributed by atoms with E-state index < -0.39 is 0 Å². The van der Waals surface area contributed by atoms with Crippen molar-refractivity contribution in [1.29, 1.82) is 0 Å². The third-order valence-corrected chi connectivity index (χ3v) is 4.04. The lowest BCUT2D eigenvalue weighted by atomic mass is 10.1. The third-order valence-electron chi connectivity index (χ3n) is 4.04. The number of amides is 2. The molecule has 1 heterocycles. The summed E-state index contributed by atoms with van der Waals surface area (Å²) in [7, 11) is 1.77. The maximum absolute atomic E-state index is 12.3. The number of fused-ring (bicyclic) bond motifs is 1. The number of hydrogen-bond donors (Lipinski definition) is 1. The predicted molar refractivity (Wildman–Crippen MR) is 87.3 cm³/mol. The molecule has 0 spiro atoms. The van der Waals surface area contributed by atoms with Crippen molar-refractivity contribution in [1.82, 2.24) is 0 Å². The highest BCUT2D eigenvalue weighted by molar-refractivity contribution is 6.05. The second-order valence-electron chi connectivity index (χ2n) is 5.48. The zero-order chi connectivity index (χ0) is 15.7. The Kier molecular flexibility index (Phi) is 3.67. The van der Waals surface area contributed by atoms with Gasteiger partial charge in [0.1, 0.15) is 0 Å². The molecular formula is C18H18N2O2. The largest absolute Gasteiger partial charge is 0.322 e. The Balaban J connectivity index is 1.77. The average Bonchev–Trinajstić information content (AvgIpc) is 2.81. The molecule has 0 bridgehead atoms. The minimum Gasteiger partial charge on any atom is -0.322 e. The van der Waals surface area contributed by atoms with E-state index in [-0.39, 0.29) is 11.8 Å². The second kappa shape index (κ2) is 5.64. The van der Waals surface area contributed by atoms with Crippen LogP contribution in [0.5, 0.6) is 0 Å². The Morgan fingerprint density at radius 3 is 2.59 bits per heavy atom. The van der Waals surface area contributed by atoms with Gasteiger partial charge < -0.3 is 10.2 Å². The SMILES string of the molecule is CCc1ccc(C(=O)Nc2ccc3c(c2)CC(=O)N3C)cc1. The molecule has 22 heavy (non-hydrogen) atoms. The maximum Gasteiger partial charge on any atom is 0.255 e. The van der Waals surface area contributed by atoms with Gasteiger partial charge in [-0.2, -0.15) is 0 Å². The summed E-state index contributed by atoms with van der Waals surface area (Å²) in [5.74, 6) is -0.0612. The first-order chi connectivity index (χ1) is 10.6. The number of benzene rings is 2. The first-order valence-corrected chi connectivity index (χ1v) is 7.38. The summed E-state index contributed by atoms with van der Waals surface area (Å²) >= 11 is 0. The van der Waals surface area contributed by atoms with Crippen molar-refractivity contribution < 1.29 is 9.59 Å². The number of rotatable bonds is 3. The maximum atomic E-state index is 12.3. The van der Waals surface area contributed by atoms with Crippen molar-refractivity contribution in [2.24, 2.45) is 0 Å². The predicted octanol–water partition coefficient (Wildman–Crippen LogP) is 3.02. The van der Waals surface area contributed by atoms with Crippen molar-refractivity contribution in [3.05, 3.63) is 59.2 Å². The fourth-order valence-electron chi connectivity index (χ4n) is 2.64. The van der Waals surface area contributed by atoms with Gasteiger partial charge in [-0.1, -0.05) is 19.1 Å². The molecule has 4 heteroatoms. The summed E-state index contributed by atoms with van der Waals surface area (Å²) in [5.41, 5.74) is 4.41. The van der Waals surface area contributed by atoms with Crippen LogP contribution in [0.3, 0.4) is 0 Å². The van der Waals surface area contributed by atoms with Gasteiger partial charge in [-0.15, -0.1) is 0 Å². The third kappa shape index (κ3) is 2.60. The van der Waals surface area contributed by atoms with E-state index in [0.717, 1.165) is 17.7 Å². The van der Waals surface area contributed by atoms with Gasteiger partial charge in [-0.25, -0.2) is 0 Å². The molecule has 112 valence electrons. The van der Waals surface area contributed by atoms with Gasteiger partial charge in [-0.3, -0.25) is 9.59 Å². The van der Waals surface area contributed by atoms with E-state index in [2.05, 4.69) is 12.2 Å². The van der Waals surface area contributed by atoms with E-state index in [1.54, 1.807) is 11.9 Å². The lowest BCUT2D eigenvalue weighted by Gasteiger charge is -2.11. The average molecular weight is 294 g/mol. The fourth-order valence-corrected chi connectivity index (χ4v) is 2.64. The molecule has 0 saturated heterocycles. The molecular weight excluding hydrogens is 276 g/mol. The van der Waals surface area contributed by atoms with Crippen LogP contribution in [0.25, 0.3) is 0 Å². The molecule has 1 N–H and O–H groups in total. The fraction of sp³-hybridized carbons (Fsp3) is 0.222. The minimum absolute atomic E-state index is 0.0774. The summed E-state index contributed by atoms with van der Waals surface area (Å²) in [6.45, 7) is 2.08. The zero-order valence-electron chi connectivity index (χ0n) is 12.7. The van der Waals surface area contributed by atoms with Crippen molar-refractivity contribution >= 4 is 23.2 Å². The molecule has 0 atom stereocenters. The van der Waals surface area contributed by atoms with Crippen molar-refractivity contribution in [3.8, 4) is 0 Å². The first-order valence-electron chi connectivity index (χ1n) is 7.38. The summed E-state index contributed by atoms with van der Waals surface area (Å²) in [6.07, 6.45) is 1.34. The van der Waals surface area contributed by atoms with Crippen LogP contribution < -0.4 is 10.2 Å². The molecule has 2 aromatic carbocycles. The van der Waals surface area contributed by atoms with E-state index >= 15 is 0 Å². The molecule has 2 aromatic rings. The molecule has 1 aliphatic rings. The van der Waals surface area contributed by atoms with Crippen LogP contribution in [0.2, 0.25) is 0 Å². The van der Waals surface area contributed by atoms with Gasteiger partial charge in [0, 0.05) is 24.0 Å². The second-order valence-corrected chi connectivity index (χ2v) is 5.48. The summed E-state index contributed by atoms with van der Waals surface area (Å²) in [5, 5.41) is 2.89. The smallest absolute Gasteiger partial charge is 0.255 e. The Morgan fingerprint density at radius 2 is 1.91 bits per heavy atom. The number of anilines is 2. The van der Waals surface area contributed by atoms with E-state index in [1.807, 2.05) is 42.5 Å². The molecule has 0 aromatic heterocycles. The van der Waals surface area contributed by atoms with Crippen LogP contribution in [-0.2, 0) is 17.6 Å². The Bertz CT molecular complexity index is 735. The number of nitrogens with one attached hydrogen (secondary N) is 1. The van der Waals surface area contributed by atoms with Crippen LogP contribution in [0.1, 0.15) is 28.4 Å². The standard InChI is InChI=1S/C18H18N2O2/c1-3-12-4-6-13(7-5-12)18(22)19-15-8-9-16-14(10-15)11-17(21)20(16)2/h4-10H,3,11H2,1-2H3,(H,19,22). The molecule has 1 aliphatic heterocycles. The van der Waals surface area contributed by atoms with E-state index in [0.29, 0.717) is 17.7 Å². The number of carbonyl (C=O) groups is 2. The summed E-state index contributed by atoms with van der Waals surface area (Å²) < 4.78 is 0. The Hall–Kier alpha value is -2.62. The normalized spacial score (nSPS) is 13.2. The van der Waals surface area contributed by atoms with Crippen molar-refractivity contribution in [2.45, 2.75) is 19.8 Å². The number of carbonyl (C=O) groups excluding carboxylic acids is 2. The van der Waals surface area contributed by atoms with Gasteiger partial charge in [0.25, 0.3) is 5.91 Å². The van der Waals surface area contributed by atoms with Crippen molar-refractivity contribution in [3.63, 3.8) is 0 Å². The molecule has 0 aliphatic carbocycles. The molecule has 0 unspecified atom stereocenters. The molecule has 0 saturated carbocycles. The van der Waals surface area contributed by atoms with Gasteiger partial charge in [0.2, 0.25) is 5.91 Å². The molecule has 2 amide bonds. The number of hydrogen-bond acceptors (Lipinski definition) is 2. The van der Waals surface area contributed by atoms with Crippen LogP contribution >= 0.6 is 0 Å². The van der Waals surface area contributed by atoms with E-state index in [4.69, 9.17) is 0 Å². The zero-order valence-corrected chi connectivity index (χ0v) is 12.7. The lowest BCUT2D eigenvalue weighted by molar-refractivity contribution is -0.117. The van der Waals surface area contributed by atoms with Gasteiger partial charge in [0.05, 0.1) is 6.42 Å². The monoisotopic (exact) mass is 294 g/mol. The topological polar surface area (TPSA) is 49.4 Å². The summed E-state index contributed by atoms with van der Waals surface area (Å²) in [6, 6.07) is 13.2. The highest BCUT2D eigenvalue weighted by Gasteiger charge is 2.24. The minimum atomic E-state index is -0.139. The van der Waals surface area contributed by atoms with Gasteiger partial charge >= 0.3 is 0 Å². The quantitative estimate of drug-likeness (QED) is 0.946. The number of nitrogens with zero attached hydrogens (tertiary/aromatic N) is 1. The Morgan fingerprint density at radius 1 is 1.18 bits per heavy atom. The number of aryl methyl sites for hydroxylation is 1. The molecule has 4 nitrogen and oxygen atoms in total. The van der Waals surface area contributed by atoms with Crippen LogP contribution in [0, 0.1) is 0 Å². The van der Waals surface area contributed by atoms with Crippen LogP contribution in [0.4, 0.5) is 11.4 Å². The first kappa shape index (κ1) is 14.3. The van der Waals surface area contributed by atoms with E-state index in [9.17, 15) is 9.59 Å². The van der Waals surface area contributed by atoms with Crippen molar-refractivity contribution in [2.75, 3.05) is 17.3 Å². The van der Waals surface area contributed by atoms with E-state index in [1.165, 1.54) is 5.56 Å². The highest BCUT2D eigenvalue weighted by atomic mass is 16.2.